The third kappa shape index (κ3) is 10.5. The second-order valence-electron chi connectivity index (χ2n) is 8.75. The maximum Gasteiger partial charge on any atom is 0.345 e. The Morgan fingerprint density at radius 1 is 0.489 bits per heavy atom. The van der Waals surface area contributed by atoms with Gasteiger partial charge in [0.15, 0.2) is 17.2 Å². The second kappa shape index (κ2) is 15.4. The smallest absolute Gasteiger partial charge is 0.345 e. The number of anilines is 3. The molecule has 3 heterocycles. The standard InChI is InChI=1S/3C10H9N3O2/c11-7-1-3-8(4-2-7)15-9-5-12-10(14)13-6-9;11-7-2-1-3-8(4-7)15-9-5-12-10(14)13-6-9;11-8-3-1-2-4-9(8)15-7-5-12-10(14)13-6-7/h3*1-6H,11H2,(H,12,13,14). The van der Waals surface area contributed by atoms with Crippen molar-refractivity contribution in [1.29, 1.82) is 0 Å². The van der Waals surface area contributed by atoms with Gasteiger partial charge in [0, 0.05) is 17.4 Å². The predicted octanol–water partition coefficient (Wildman–Crippen LogP) is 3.43. The van der Waals surface area contributed by atoms with E-state index in [9.17, 15) is 14.4 Å². The van der Waals surface area contributed by atoms with E-state index >= 15 is 0 Å². The molecule has 6 rings (SSSR count). The lowest BCUT2D eigenvalue weighted by Gasteiger charge is -2.06. The van der Waals surface area contributed by atoms with Crippen LogP contribution in [0.5, 0.6) is 34.5 Å². The number of H-pyrrole nitrogens is 3. The quantitative estimate of drug-likeness (QED) is 0.149. The van der Waals surface area contributed by atoms with Crippen molar-refractivity contribution in [3.05, 3.63) is 141 Å². The van der Waals surface area contributed by atoms with Crippen molar-refractivity contribution in [3.8, 4) is 34.5 Å². The van der Waals surface area contributed by atoms with E-state index in [4.69, 9.17) is 31.4 Å². The van der Waals surface area contributed by atoms with Crippen LogP contribution in [0.4, 0.5) is 17.1 Å². The molecule has 0 aliphatic rings. The topological polar surface area (TPSA) is 243 Å². The third-order valence-corrected chi connectivity index (χ3v) is 5.30. The summed E-state index contributed by atoms with van der Waals surface area (Å²) in [5, 5.41) is 0. The highest BCUT2D eigenvalue weighted by atomic mass is 16.5. The lowest BCUT2D eigenvalue weighted by molar-refractivity contribution is 0.476. The minimum Gasteiger partial charge on any atom is -0.454 e. The number of nitrogens with one attached hydrogen (secondary N) is 3. The number of nitrogens with zero attached hydrogens (tertiary/aromatic N) is 3. The molecular formula is C30H27N9O6. The van der Waals surface area contributed by atoms with Gasteiger partial charge in [-0.3, -0.25) is 0 Å². The minimum atomic E-state index is -0.414. The molecule has 3 aromatic heterocycles. The first kappa shape index (κ1) is 31.0. The molecule has 15 heteroatoms. The van der Waals surface area contributed by atoms with Gasteiger partial charge in [0.25, 0.3) is 0 Å². The fraction of sp³-hybridized carbons (Fsp3) is 0. The fourth-order valence-electron chi connectivity index (χ4n) is 3.24. The van der Waals surface area contributed by atoms with Crippen molar-refractivity contribution in [2.24, 2.45) is 0 Å². The Hall–Kier alpha value is -6.90. The Kier molecular flexibility index (Phi) is 10.6. The number of hydrogen-bond acceptors (Lipinski definition) is 12. The SMILES string of the molecule is Nc1ccc(Oc2cnc(=O)[nH]c2)cc1.Nc1cccc(Oc2cnc(=O)[nH]c2)c1.Nc1ccccc1Oc1cnc(=O)[nH]c1. The predicted molar refractivity (Wildman–Crippen MR) is 167 cm³/mol. The number of aromatic nitrogens is 6. The average Bonchev–Trinajstić information content (AvgIpc) is 3.03. The molecule has 0 radical (unpaired) electrons. The van der Waals surface area contributed by atoms with E-state index in [0.717, 1.165) is 0 Å². The summed E-state index contributed by atoms with van der Waals surface area (Å²) < 4.78 is 16.2. The molecule has 45 heavy (non-hydrogen) atoms. The Morgan fingerprint density at radius 3 is 1.49 bits per heavy atom. The normalized spacial score (nSPS) is 9.87. The van der Waals surface area contributed by atoms with E-state index < -0.39 is 17.1 Å². The highest BCUT2D eigenvalue weighted by Crippen LogP contribution is 2.25. The molecule has 0 saturated heterocycles. The first-order valence-corrected chi connectivity index (χ1v) is 13.0. The van der Waals surface area contributed by atoms with Gasteiger partial charge in [-0.15, -0.1) is 0 Å². The summed E-state index contributed by atoms with van der Waals surface area (Å²) in [7, 11) is 0. The lowest BCUT2D eigenvalue weighted by atomic mass is 10.3. The average molecular weight is 610 g/mol. The van der Waals surface area contributed by atoms with Crippen LogP contribution in [0.1, 0.15) is 0 Å². The van der Waals surface area contributed by atoms with Crippen LogP contribution in [0.25, 0.3) is 0 Å². The van der Waals surface area contributed by atoms with Gasteiger partial charge in [0.1, 0.15) is 17.2 Å². The summed E-state index contributed by atoms with van der Waals surface area (Å²) in [6, 6.07) is 21.0. The molecule has 0 saturated carbocycles. The molecule has 0 atom stereocenters. The van der Waals surface area contributed by atoms with Gasteiger partial charge in [0.05, 0.1) is 42.9 Å². The van der Waals surface area contributed by atoms with Gasteiger partial charge in [-0.2, -0.15) is 15.0 Å². The van der Waals surface area contributed by atoms with Crippen LogP contribution in [0.2, 0.25) is 0 Å². The molecule has 0 amide bonds. The van der Waals surface area contributed by atoms with E-state index in [1.165, 1.54) is 37.2 Å². The molecule has 3 aromatic carbocycles. The van der Waals surface area contributed by atoms with Gasteiger partial charge >= 0.3 is 17.1 Å². The summed E-state index contributed by atoms with van der Waals surface area (Å²) in [5.74, 6) is 3.14. The van der Waals surface area contributed by atoms with E-state index in [-0.39, 0.29) is 0 Å². The molecule has 9 N–H and O–H groups in total. The van der Waals surface area contributed by atoms with Crippen LogP contribution < -0.4 is 48.5 Å². The van der Waals surface area contributed by atoms with E-state index in [2.05, 4.69) is 29.9 Å². The van der Waals surface area contributed by atoms with E-state index in [1.54, 1.807) is 60.7 Å². The third-order valence-electron chi connectivity index (χ3n) is 5.30. The van der Waals surface area contributed by atoms with Gasteiger partial charge in [-0.05, 0) is 48.5 Å². The zero-order chi connectivity index (χ0) is 32.0. The van der Waals surface area contributed by atoms with Crippen LogP contribution >= 0.6 is 0 Å². The van der Waals surface area contributed by atoms with Gasteiger partial charge < -0.3 is 46.4 Å². The first-order valence-electron chi connectivity index (χ1n) is 13.0. The Bertz CT molecular complexity index is 1950. The molecule has 6 aromatic rings. The number of benzene rings is 3. The van der Waals surface area contributed by atoms with Crippen LogP contribution in [0, 0.1) is 0 Å². The molecule has 0 fully saturated rings. The second-order valence-corrected chi connectivity index (χ2v) is 8.75. The summed E-state index contributed by atoms with van der Waals surface area (Å²) in [6.07, 6.45) is 8.37. The number of rotatable bonds is 6. The van der Waals surface area contributed by atoms with Crippen molar-refractivity contribution in [1.82, 2.24) is 29.9 Å². The number of para-hydroxylation sites is 2. The maximum atomic E-state index is 10.7. The Morgan fingerprint density at radius 2 is 1.00 bits per heavy atom. The van der Waals surface area contributed by atoms with Gasteiger partial charge in [0.2, 0.25) is 0 Å². The van der Waals surface area contributed by atoms with Crippen molar-refractivity contribution < 1.29 is 14.2 Å². The number of aromatic amines is 3. The van der Waals surface area contributed by atoms with Crippen molar-refractivity contribution in [2.45, 2.75) is 0 Å². The molecular weight excluding hydrogens is 582 g/mol. The fourth-order valence-corrected chi connectivity index (χ4v) is 3.24. The monoisotopic (exact) mass is 609 g/mol. The molecule has 0 unspecified atom stereocenters. The number of hydrogen-bond donors (Lipinski definition) is 6. The molecule has 0 spiro atoms. The summed E-state index contributed by atoms with van der Waals surface area (Å²) in [4.78, 5) is 49.9. The summed E-state index contributed by atoms with van der Waals surface area (Å²) >= 11 is 0. The van der Waals surface area contributed by atoms with E-state index in [0.29, 0.717) is 51.6 Å². The summed E-state index contributed by atoms with van der Waals surface area (Å²) in [6.45, 7) is 0. The van der Waals surface area contributed by atoms with Crippen LogP contribution in [0.3, 0.4) is 0 Å². The number of nitrogens with two attached hydrogens (primary N) is 3. The van der Waals surface area contributed by atoms with Crippen LogP contribution in [0.15, 0.2) is 124 Å². The largest absolute Gasteiger partial charge is 0.454 e. The highest BCUT2D eigenvalue weighted by molar-refractivity contribution is 5.53. The highest BCUT2D eigenvalue weighted by Gasteiger charge is 2.01. The molecule has 228 valence electrons. The van der Waals surface area contributed by atoms with Crippen molar-refractivity contribution in [2.75, 3.05) is 17.2 Å². The van der Waals surface area contributed by atoms with E-state index in [1.807, 2.05) is 12.1 Å². The molecule has 0 aliphatic heterocycles. The zero-order valence-corrected chi connectivity index (χ0v) is 23.4. The number of nitrogen functional groups attached to an aromatic ring is 3. The van der Waals surface area contributed by atoms with Crippen molar-refractivity contribution >= 4 is 17.1 Å². The number of ether oxygens (including phenoxy) is 3. The summed E-state index contributed by atoms with van der Waals surface area (Å²) in [5.41, 5.74) is 17.4. The van der Waals surface area contributed by atoms with Crippen molar-refractivity contribution in [3.63, 3.8) is 0 Å². The van der Waals surface area contributed by atoms with Crippen LogP contribution in [-0.4, -0.2) is 29.9 Å². The van der Waals surface area contributed by atoms with Gasteiger partial charge in [-0.1, -0.05) is 18.2 Å². The lowest BCUT2D eigenvalue weighted by Crippen LogP contribution is -2.07. The Balaban J connectivity index is 0.000000154. The minimum absolute atomic E-state index is 0.403. The van der Waals surface area contributed by atoms with Crippen LogP contribution in [-0.2, 0) is 0 Å². The van der Waals surface area contributed by atoms with Gasteiger partial charge in [-0.25, -0.2) is 14.4 Å². The Labute approximate surface area is 254 Å². The first-order chi connectivity index (χ1) is 21.7. The molecule has 0 aliphatic carbocycles. The molecule has 15 nitrogen and oxygen atoms in total. The maximum absolute atomic E-state index is 10.7. The zero-order valence-electron chi connectivity index (χ0n) is 23.4. The molecule has 0 bridgehead atoms.